The molecule has 2 heterocycles. The molecule has 0 aliphatic carbocycles. The molecular formula is C32H18Cl3N3O4S2. The van der Waals surface area contributed by atoms with E-state index in [1.165, 1.54) is 28.9 Å². The first-order chi connectivity index (χ1) is 21.3. The molecule has 6 aromatic rings. The Morgan fingerprint density at radius 3 is 2.20 bits per heavy atom. The molecule has 12 heteroatoms. The number of hydrogen-bond donors (Lipinski definition) is 2. The van der Waals surface area contributed by atoms with Gasteiger partial charge >= 0.3 is 5.97 Å². The molecule has 2 N–H and O–H groups in total. The predicted octanol–water partition coefficient (Wildman–Crippen LogP) is 9.31. The zero-order valence-electron chi connectivity index (χ0n) is 22.3. The number of fused-ring (bicyclic) bond motifs is 2. The molecule has 0 saturated heterocycles. The van der Waals surface area contributed by atoms with Crippen LogP contribution < -0.4 is 15.5 Å². The van der Waals surface area contributed by atoms with Gasteiger partial charge in [-0.05, 0) is 54.6 Å². The summed E-state index contributed by atoms with van der Waals surface area (Å²) in [7, 11) is 0. The first kappa shape index (κ1) is 29.8. The van der Waals surface area contributed by atoms with Crippen molar-refractivity contribution in [2.45, 2.75) is 0 Å². The second-order valence-electron chi connectivity index (χ2n) is 9.28. The quantitative estimate of drug-likeness (QED) is 0.0761. The molecule has 0 spiro atoms. The van der Waals surface area contributed by atoms with E-state index in [1.54, 1.807) is 66.7 Å². The van der Waals surface area contributed by atoms with Crippen molar-refractivity contribution in [3.05, 3.63) is 127 Å². The van der Waals surface area contributed by atoms with Crippen LogP contribution in [0.15, 0.2) is 96.1 Å². The van der Waals surface area contributed by atoms with Crippen LogP contribution in [0, 0.1) is 0 Å². The van der Waals surface area contributed by atoms with Gasteiger partial charge in [0, 0.05) is 42.0 Å². The van der Waals surface area contributed by atoms with Crippen molar-refractivity contribution in [1.82, 2.24) is 5.43 Å². The molecule has 0 radical (unpaired) electrons. The zero-order valence-corrected chi connectivity index (χ0v) is 26.2. The lowest BCUT2D eigenvalue weighted by Crippen LogP contribution is -2.18. The Kier molecular flexibility index (Phi) is 8.65. The van der Waals surface area contributed by atoms with E-state index >= 15 is 0 Å². The largest absolute Gasteiger partial charge is 0.422 e. The molecule has 6 rings (SSSR count). The number of nitrogens with one attached hydrogen (secondary N) is 2. The van der Waals surface area contributed by atoms with Gasteiger partial charge in [-0.1, -0.05) is 71.2 Å². The fourth-order valence-corrected chi connectivity index (χ4v) is 7.35. The minimum absolute atomic E-state index is 0.237. The van der Waals surface area contributed by atoms with Gasteiger partial charge in [0.05, 0.1) is 16.3 Å². The van der Waals surface area contributed by atoms with Gasteiger partial charge in [0.1, 0.15) is 15.5 Å². The summed E-state index contributed by atoms with van der Waals surface area (Å²) >= 11 is 21.4. The third-order valence-corrected chi connectivity index (χ3v) is 9.96. The number of thiophene rings is 2. The molecule has 0 aliphatic heterocycles. The first-order valence-electron chi connectivity index (χ1n) is 12.9. The van der Waals surface area contributed by atoms with Crippen molar-refractivity contribution < 1.29 is 19.1 Å². The van der Waals surface area contributed by atoms with Crippen LogP contribution >= 0.6 is 57.5 Å². The summed E-state index contributed by atoms with van der Waals surface area (Å²) in [5.41, 5.74) is 3.73. The molecule has 2 amide bonds. The lowest BCUT2D eigenvalue weighted by atomic mass is 10.2. The standard InChI is InChI=1S/C32H18Cl3N3O4S2/c33-19-11-14-22-25(15-19)44-29(27(22)35)32(41)42-23-7-3-1-5-18(23)16-36-38-30(39)17-9-12-20(13-10-17)37-31(40)28-26(34)21-6-2-4-8-24(21)43-28/h1-16H,(H,37,40)(H,38,39)/b36-16-. The van der Waals surface area contributed by atoms with Crippen LogP contribution in [0.25, 0.3) is 20.2 Å². The van der Waals surface area contributed by atoms with E-state index < -0.39 is 11.9 Å². The highest BCUT2D eigenvalue weighted by Gasteiger charge is 2.21. The second-order valence-corrected chi connectivity index (χ2v) is 12.6. The van der Waals surface area contributed by atoms with Crippen LogP contribution in [0.1, 0.15) is 35.3 Å². The normalized spacial score (nSPS) is 11.2. The van der Waals surface area contributed by atoms with Gasteiger partial charge < -0.3 is 10.1 Å². The minimum atomic E-state index is -0.626. The number of nitrogens with zero attached hydrogens (tertiary/aromatic N) is 1. The number of amides is 2. The van der Waals surface area contributed by atoms with Crippen molar-refractivity contribution in [3.8, 4) is 5.75 Å². The van der Waals surface area contributed by atoms with Crippen LogP contribution in [0.2, 0.25) is 15.1 Å². The van der Waals surface area contributed by atoms with Crippen molar-refractivity contribution in [3.63, 3.8) is 0 Å². The van der Waals surface area contributed by atoms with Crippen LogP contribution in [-0.4, -0.2) is 24.0 Å². The topological polar surface area (TPSA) is 96.9 Å². The Balaban J connectivity index is 1.09. The molecule has 44 heavy (non-hydrogen) atoms. The Bertz CT molecular complexity index is 2110. The Hall–Kier alpha value is -4.25. The van der Waals surface area contributed by atoms with Crippen molar-refractivity contribution in [2.75, 3.05) is 5.32 Å². The maximum atomic E-state index is 13.0. The number of hydrazone groups is 1. The number of rotatable bonds is 7. The fourth-order valence-electron chi connectivity index (χ4n) is 4.27. The Morgan fingerprint density at radius 1 is 0.727 bits per heavy atom. The third-order valence-electron chi connectivity index (χ3n) is 6.41. The summed E-state index contributed by atoms with van der Waals surface area (Å²) in [5.74, 6) is -1.20. The lowest BCUT2D eigenvalue weighted by Gasteiger charge is -2.07. The molecule has 0 bridgehead atoms. The molecule has 0 saturated carbocycles. The maximum absolute atomic E-state index is 13.0. The van der Waals surface area contributed by atoms with Gasteiger partial charge in [-0.15, -0.1) is 22.7 Å². The highest BCUT2D eigenvalue weighted by Crippen LogP contribution is 2.38. The van der Waals surface area contributed by atoms with Gasteiger partial charge in [-0.2, -0.15) is 5.10 Å². The smallest absolute Gasteiger partial charge is 0.355 e. The average molecular weight is 679 g/mol. The number of hydrogen-bond acceptors (Lipinski definition) is 7. The summed E-state index contributed by atoms with van der Waals surface area (Å²) in [4.78, 5) is 39.1. The molecule has 7 nitrogen and oxygen atoms in total. The summed E-state index contributed by atoms with van der Waals surface area (Å²) in [5, 5.41) is 9.60. The highest BCUT2D eigenvalue weighted by atomic mass is 35.5. The Labute approximate surface area is 273 Å². The number of anilines is 1. The second kappa shape index (κ2) is 12.8. The van der Waals surface area contributed by atoms with E-state index in [4.69, 9.17) is 39.5 Å². The number of para-hydroxylation sites is 1. The molecule has 0 unspecified atom stereocenters. The van der Waals surface area contributed by atoms with E-state index in [-0.39, 0.29) is 16.5 Å². The van der Waals surface area contributed by atoms with Gasteiger partial charge in [0.2, 0.25) is 0 Å². The van der Waals surface area contributed by atoms with Gasteiger partial charge in [0.25, 0.3) is 11.8 Å². The molecule has 218 valence electrons. The molecule has 0 aliphatic rings. The number of benzene rings is 4. The number of esters is 1. The van der Waals surface area contributed by atoms with E-state index in [2.05, 4.69) is 15.8 Å². The maximum Gasteiger partial charge on any atom is 0.355 e. The van der Waals surface area contributed by atoms with Crippen LogP contribution in [0.4, 0.5) is 5.69 Å². The number of halogens is 3. The van der Waals surface area contributed by atoms with Crippen molar-refractivity contribution in [1.29, 1.82) is 0 Å². The van der Waals surface area contributed by atoms with Crippen LogP contribution in [-0.2, 0) is 0 Å². The van der Waals surface area contributed by atoms with E-state index in [0.717, 1.165) is 14.8 Å². The number of carbonyl (C=O) groups is 3. The van der Waals surface area contributed by atoms with Gasteiger partial charge in [-0.3, -0.25) is 9.59 Å². The predicted molar refractivity (Wildman–Crippen MR) is 180 cm³/mol. The van der Waals surface area contributed by atoms with E-state index in [9.17, 15) is 14.4 Å². The van der Waals surface area contributed by atoms with Gasteiger partial charge in [-0.25, -0.2) is 10.2 Å². The van der Waals surface area contributed by atoms with E-state index in [1.807, 2.05) is 24.3 Å². The zero-order chi connectivity index (χ0) is 30.8. The van der Waals surface area contributed by atoms with Crippen molar-refractivity contribution >= 4 is 107 Å². The first-order valence-corrected chi connectivity index (χ1v) is 15.7. The van der Waals surface area contributed by atoms with E-state index in [0.29, 0.717) is 42.1 Å². The Morgan fingerprint density at radius 2 is 1.41 bits per heavy atom. The summed E-state index contributed by atoms with van der Waals surface area (Å²) in [6, 6.07) is 25.8. The lowest BCUT2D eigenvalue weighted by molar-refractivity contribution is 0.0739. The van der Waals surface area contributed by atoms with Crippen molar-refractivity contribution in [2.24, 2.45) is 5.10 Å². The number of ether oxygens (including phenoxy) is 1. The molecule has 2 aromatic heterocycles. The average Bonchev–Trinajstić information content (AvgIpc) is 3.54. The fraction of sp³-hybridized carbons (Fsp3) is 0. The SMILES string of the molecule is O=C(N/N=C\c1ccccc1OC(=O)c1sc2cc(Cl)ccc2c1Cl)c1ccc(NC(=O)c2sc3ccccc3c2Cl)cc1. The van der Waals surface area contributed by atoms with Crippen LogP contribution in [0.3, 0.4) is 0 Å². The number of carbonyl (C=O) groups excluding carboxylic acids is 3. The molecule has 4 aromatic carbocycles. The molecule has 0 atom stereocenters. The third kappa shape index (κ3) is 6.19. The summed E-state index contributed by atoms with van der Waals surface area (Å²) < 4.78 is 7.31. The summed E-state index contributed by atoms with van der Waals surface area (Å²) in [6.45, 7) is 0. The summed E-state index contributed by atoms with van der Waals surface area (Å²) in [6.07, 6.45) is 1.37. The monoisotopic (exact) mass is 677 g/mol. The minimum Gasteiger partial charge on any atom is -0.422 e. The van der Waals surface area contributed by atoms with Crippen LogP contribution in [0.5, 0.6) is 5.75 Å². The van der Waals surface area contributed by atoms with Gasteiger partial charge in [0.15, 0.2) is 0 Å². The molecule has 0 fully saturated rings. The molecular weight excluding hydrogens is 661 g/mol. The highest BCUT2D eigenvalue weighted by molar-refractivity contribution is 7.22.